The van der Waals surface area contributed by atoms with Gasteiger partial charge in [-0.1, -0.05) is 5.21 Å². The summed E-state index contributed by atoms with van der Waals surface area (Å²) in [5, 5.41) is 8.06. The normalized spacial score (nSPS) is 43.3. The molecule has 0 amide bonds. The summed E-state index contributed by atoms with van der Waals surface area (Å²) in [7, 11) is 1.96. The summed E-state index contributed by atoms with van der Waals surface area (Å²) in [6, 6.07) is 0.130. The first-order valence-electron chi connectivity index (χ1n) is 7.26. The molecule has 0 saturated heterocycles. The van der Waals surface area contributed by atoms with Crippen molar-refractivity contribution in [3.63, 3.8) is 0 Å². The maximum absolute atomic E-state index is 6.64. The Hall–Kier alpha value is -0.900. The number of rotatable bonds is 2. The van der Waals surface area contributed by atoms with E-state index in [1.54, 1.807) is 0 Å². The van der Waals surface area contributed by atoms with Gasteiger partial charge in [-0.15, -0.1) is 5.10 Å². The molecule has 0 aliphatic heterocycles. The van der Waals surface area contributed by atoms with Gasteiger partial charge >= 0.3 is 0 Å². The van der Waals surface area contributed by atoms with Crippen molar-refractivity contribution in [1.29, 1.82) is 0 Å². The maximum Gasteiger partial charge on any atom is 0.0756 e. The molecule has 18 heavy (non-hydrogen) atoms. The van der Waals surface area contributed by atoms with E-state index < -0.39 is 0 Å². The number of nitrogens with zero attached hydrogens (tertiary/aromatic N) is 3. The molecule has 4 nitrogen and oxygen atoms in total. The number of hydrogen-bond donors (Lipinski definition) is 1. The van der Waals surface area contributed by atoms with Crippen LogP contribution in [-0.4, -0.2) is 15.0 Å². The molecule has 2 N–H and O–H groups in total. The highest BCUT2D eigenvalue weighted by Gasteiger charge is 2.54. The summed E-state index contributed by atoms with van der Waals surface area (Å²) >= 11 is 0. The Balaban J connectivity index is 1.69. The molecular formula is C14H22N4. The molecular weight excluding hydrogens is 224 g/mol. The van der Waals surface area contributed by atoms with Gasteiger partial charge in [-0.25, -0.2) is 0 Å². The quantitative estimate of drug-likeness (QED) is 0.868. The van der Waals surface area contributed by atoms with Crippen molar-refractivity contribution >= 4 is 0 Å². The Bertz CT molecular complexity index is 429. The second-order valence-corrected chi connectivity index (χ2v) is 7.04. The molecule has 1 heterocycles. The smallest absolute Gasteiger partial charge is 0.0756 e. The summed E-state index contributed by atoms with van der Waals surface area (Å²) in [6.07, 6.45) is 10.3. The Labute approximate surface area is 108 Å². The Kier molecular flexibility index (Phi) is 2.17. The van der Waals surface area contributed by atoms with Crippen molar-refractivity contribution in [3.05, 3.63) is 11.9 Å². The molecule has 0 spiro atoms. The van der Waals surface area contributed by atoms with E-state index in [-0.39, 0.29) is 6.04 Å². The van der Waals surface area contributed by atoms with E-state index in [9.17, 15) is 0 Å². The first-order valence-corrected chi connectivity index (χ1v) is 7.26. The Morgan fingerprint density at radius 2 is 1.78 bits per heavy atom. The number of nitrogens with two attached hydrogens (primary N) is 1. The van der Waals surface area contributed by atoms with E-state index in [2.05, 4.69) is 10.3 Å². The van der Waals surface area contributed by atoms with Crippen LogP contribution in [0, 0.1) is 23.2 Å². The van der Waals surface area contributed by atoms with Crippen molar-refractivity contribution in [3.8, 4) is 0 Å². The summed E-state index contributed by atoms with van der Waals surface area (Å²) in [5.74, 6) is 2.84. The summed E-state index contributed by atoms with van der Waals surface area (Å²) in [5.41, 5.74) is 8.11. The van der Waals surface area contributed by atoms with Crippen LogP contribution < -0.4 is 5.73 Å². The lowest BCUT2D eigenvalue weighted by Gasteiger charge is -2.58. The lowest BCUT2D eigenvalue weighted by atomic mass is 9.47. The lowest BCUT2D eigenvalue weighted by Crippen LogP contribution is -2.51. The highest BCUT2D eigenvalue weighted by molar-refractivity contribution is 5.13. The third-order valence-electron chi connectivity index (χ3n) is 5.81. The molecule has 4 heteroatoms. The van der Waals surface area contributed by atoms with Crippen LogP contribution in [0.5, 0.6) is 0 Å². The molecule has 4 aliphatic rings. The predicted molar refractivity (Wildman–Crippen MR) is 68.5 cm³/mol. The average molecular weight is 246 g/mol. The highest BCUT2D eigenvalue weighted by Crippen LogP contribution is 2.63. The summed E-state index contributed by atoms with van der Waals surface area (Å²) in [6.45, 7) is 0. The minimum Gasteiger partial charge on any atom is -0.322 e. The van der Waals surface area contributed by atoms with E-state index in [0.29, 0.717) is 5.41 Å². The van der Waals surface area contributed by atoms with Crippen molar-refractivity contribution in [2.75, 3.05) is 0 Å². The third-order valence-corrected chi connectivity index (χ3v) is 5.81. The van der Waals surface area contributed by atoms with Gasteiger partial charge in [0.2, 0.25) is 0 Å². The van der Waals surface area contributed by atoms with Gasteiger partial charge in [-0.3, -0.25) is 4.68 Å². The van der Waals surface area contributed by atoms with Gasteiger partial charge < -0.3 is 5.73 Å². The molecule has 1 aromatic rings. The number of aryl methyl sites for hydroxylation is 1. The fraction of sp³-hybridized carbons (Fsp3) is 0.857. The first kappa shape index (κ1) is 11.0. The zero-order chi connectivity index (χ0) is 12.3. The van der Waals surface area contributed by atoms with Crippen molar-refractivity contribution in [2.24, 2.45) is 36.0 Å². The molecule has 1 atom stereocenters. The topological polar surface area (TPSA) is 56.7 Å². The van der Waals surface area contributed by atoms with Crippen LogP contribution in [0.2, 0.25) is 0 Å². The van der Waals surface area contributed by atoms with Gasteiger partial charge in [0.25, 0.3) is 0 Å². The molecule has 98 valence electrons. The monoisotopic (exact) mass is 246 g/mol. The van der Waals surface area contributed by atoms with Crippen LogP contribution in [0.3, 0.4) is 0 Å². The molecule has 1 aromatic heterocycles. The van der Waals surface area contributed by atoms with E-state index in [1.807, 2.05) is 17.9 Å². The van der Waals surface area contributed by atoms with Crippen LogP contribution in [0.4, 0.5) is 0 Å². The molecule has 0 radical (unpaired) electrons. The molecule has 5 rings (SSSR count). The number of hydrogen-bond acceptors (Lipinski definition) is 3. The van der Waals surface area contributed by atoms with E-state index in [0.717, 1.165) is 23.4 Å². The molecule has 4 bridgehead atoms. The van der Waals surface area contributed by atoms with Gasteiger partial charge in [0.05, 0.1) is 17.9 Å². The molecule has 0 aromatic carbocycles. The lowest BCUT2D eigenvalue weighted by molar-refractivity contribution is -0.0689. The summed E-state index contributed by atoms with van der Waals surface area (Å²) < 4.78 is 1.86. The van der Waals surface area contributed by atoms with Crippen LogP contribution >= 0.6 is 0 Å². The van der Waals surface area contributed by atoms with Gasteiger partial charge in [0, 0.05) is 7.05 Å². The number of aromatic nitrogens is 3. The third kappa shape index (κ3) is 1.41. The van der Waals surface area contributed by atoms with Crippen molar-refractivity contribution in [1.82, 2.24) is 15.0 Å². The minimum absolute atomic E-state index is 0.130. The molecule has 4 aliphatic carbocycles. The SMILES string of the molecule is Cn1nncc1C(N)C12CC3CC(CC(C3)C1)C2. The van der Waals surface area contributed by atoms with Gasteiger partial charge in [0.15, 0.2) is 0 Å². The highest BCUT2D eigenvalue weighted by atomic mass is 15.4. The first-order chi connectivity index (χ1) is 8.66. The van der Waals surface area contributed by atoms with Crippen molar-refractivity contribution < 1.29 is 0 Å². The second-order valence-electron chi connectivity index (χ2n) is 7.04. The average Bonchev–Trinajstić information content (AvgIpc) is 2.72. The van der Waals surface area contributed by atoms with E-state index in [4.69, 9.17) is 5.73 Å². The Morgan fingerprint density at radius 1 is 1.22 bits per heavy atom. The van der Waals surface area contributed by atoms with Crippen molar-refractivity contribution in [2.45, 2.75) is 44.6 Å². The van der Waals surface area contributed by atoms with Gasteiger partial charge in [-0.05, 0) is 61.7 Å². The molecule has 4 fully saturated rings. The Morgan fingerprint density at radius 3 is 2.22 bits per heavy atom. The molecule has 4 saturated carbocycles. The predicted octanol–water partition coefficient (Wildman–Crippen LogP) is 2.03. The van der Waals surface area contributed by atoms with Gasteiger partial charge in [-0.2, -0.15) is 0 Å². The van der Waals surface area contributed by atoms with Gasteiger partial charge in [0.1, 0.15) is 0 Å². The van der Waals surface area contributed by atoms with E-state index in [1.165, 1.54) is 38.5 Å². The fourth-order valence-corrected chi connectivity index (χ4v) is 5.45. The standard InChI is InChI=1S/C14H22N4/c1-18-12(8-16-17-18)13(15)14-5-9-2-10(6-14)4-11(3-9)7-14/h8-11,13H,2-7,15H2,1H3. The zero-order valence-electron chi connectivity index (χ0n) is 11.0. The maximum atomic E-state index is 6.64. The molecule has 1 unspecified atom stereocenters. The summed E-state index contributed by atoms with van der Waals surface area (Å²) in [4.78, 5) is 0. The van der Waals surface area contributed by atoms with Crippen LogP contribution in [-0.2, 0) is 7.05 Å². The van der Waals surface area contributed by atoms with Crippen LogP contribution in [0.15, 0.2) is 6.20 Å². The van der Waals surface area contributed by atoms with E-state index >= 15 is 0 Å². The minimum atomic E-state index is 0.130. The van der Waals surface area contributed by atoms with Crippen LogP contribution in [0.1, 0.15) is 50.3 Å². The zero-order valence-corrected chi connectivity index (χ0v) is 11.0. The van der Waals surface area contributed by atoms with Crippen LogP contribution in [0.25, 0.3) is 0 Å². The second kappa shape index (κ2) is 3.56. The fourth-order valence-electron chi connectivity index (χ4n) is 5.45. The largest absolute Gasteiger partial charge is 0.322 e.